The summed E-state index contributed by atoms with van der Waals surface area (Å²) in [6.07, 6.45) is 1.12. The molecule has 0 fully saturated rings. The van der Waals surface area contributed by atoms with E-state index in [1.165, 1.54) is 0 Å². The van der Waals surface area contributed by atoms with Gasteiger partial charge < -0.3 is 15.4 Å². The SMILES string of the molecule is CCN(C(=O)CCc1ccc(OC)c(N)c1)c1ccccc1. The number of hydrogen-bond donors (Lipinski definition) is 1. The molecule has 0 heterocycles. The van der Waals surface area contributed by atoms with E-state index in [0.29, 0.717) is 30.8 Å². The van der Waals surface area contributed by atoms with Crippen molar-refractivity contribution in [1.29, 1.82) is 0 Å². The van der Waals surface area contributed by atoms with E-state index in [2.05, 4.69) is 0 Å². The zero-order valence-corrected chi connectivity index (χ0v) is 13.1. The lowest BCUT2D eigenvalue weighted by molar-refractivity contribution is -0.118. The number of carbonyl (C=O) groups is 1. The number of rotatable bonds is 6. The number of nitrogens with zero attached hydrogens (tertiary/aromatic N) is 1. The summed E-state index contributed by atoms with van der Waals surface area (Å²) in [6.45, 7) is 2.64. The van der Waals surface area contributed by atoms with Gasteiger partial charge in [-0.2, -0.15) is 0 Å². The Morgan fingerprint density at radius 3 is 2.50 bits per heavy atom. The summed E-state index contributed by atoms with van der Waals surface area (Å²) in [7, 11) is 1.59. The van der Waals surface area contributed by atoms with E-state index in [4.69, 9.17) is 10.5 Å². The number of aryl methyl sites for hydroxylation is 1. The van der Waals surface area contributed by atoms with Crippen LogP contribution in [0.25, 0.3) is 0 Å². The fourth-order valence-corrected chi connectivity index (χ4v) is 2.44. The minimum atomic E-state index is 0.114. The zero-order chi connectivity index (χ0) is 15.9. The third-order valence-corrected chi connectivity index (χ3v) is 3.61. The molecule has 0 radical (unpaired) electrons. The maximum absolute atomic E-state index is 12.4. The van der Waals surface area contributed by atoms with Gasteiger partial charge in [-0.1, -0.05) is 24.3 Å². The number of carbonyl (C=O) groups excluding carboxylic acids is 1. The van der Waals surface area contributed by atoms with Crippen molar-refractivity contribution in [3.8, 4) is 5.75 Å². The Bertz CT molecular complexity index is 626. The second kappa shape index (κ2) is 7.50. The van der Waals surface area contributed by atoms with Crippen molar-refractivity contribution in [2.24, 2.45) is 0 Å². The average Bonchev–Trinajstić information content (AvgIpc) is 2.55. The van der Waals surface area contributed by atoms with E-state index < -0.39 is 0 Å². The number of hydrogen-bond acceptors (Lipinski definition) is 3. The van der Waals surface area contributed by atoms with Crippen LogP contribution in [0.2, 0.25) is 0 Å². The van der Waals surface area contributed by atoms with Crippen molar-refractivity contribution in [3.63, 3.8) is 0 Å². The number of para-hydroxylation sites is 1. The van der Waals surface area contributed by atoms with E-state index in [0.717, 1.165) is 11.3 Å². The Labute approximate surface area is 131 Å². The van der Waals surface area contributed by atoms with Crippen LogP contribution < -0.4 is 15.4 Å². The van der Waals surface area contributed by atoms with E-state index in [1.54, 1.807) is 12.0 Å². The van der Waals surface area contributed by atoms with Crippen molar-refractivity contribution in [2.45, 2.75) is 19.8 Å². The minimum Gasteiger partial charge on any atom is -0.495 e. The molecule has 116 valence electrons. The number of methoxy groups -OCH3 is 1. The van der Waals surface area contributed by atoms with Gasteiger partial charge in [-0.15, -0.1) is 0 Å². The third kappa shape index (κ3) is 3.79. The molecule has 2 N–H and O–H groups in total. The van der Waals surface area contributed by atoms with E-state index >= 15 is 0 Å². The van der Waals surface area contributed by atoms with Crippen molar-refractivity contribution >= 4 is 17.3 Å². The summed E-state index contributed by atoms with van der Waals surface area (Å²) in [5.74, 6) is 0.776. The van der Waals surface area contributed by atoms with Gasteiger partial charge in [-0.3, -0.25) is 4.79 Å². The fourth-order valence-electron chi connectivity index (χ4n) is 2.44. The van der Waals surface area contributed by atoms with Gasteiger partial charge in [0.25, 0.3) is 0 Å². The molecule has 4 nitrogen and oxygen atoms in total. The lowest BCUT2D eigenvalue weighted by atomic mass is 10.1. The maximum Gasteiger partial charge on any atom is 0.227 e. The van der Waals surface area contributed by atoms with Crippen LogP contribution in [-0.2, 0) is 11.2 Å². The Kier molecular flexibility index (Phi) is 5.42. The highest BCUT2D eigenvalue weighted by Crippen LogP contribution is 2.23. The van der Waals surface area contributed by atoms with Gasteiger partial charge in [-0.25, -0.2) is 0 Å². The molecule has 0 aliphatic carbocycles. The molecule has 0 aromatic heterocycles. The molecule has 0 bridgehead atoms. The highest BCUT2D eigenvalue weighted by atomic mass is 16.5. The van der Waals surface area contributed by atoms with Crippen molar-refractivity contribution < 1.29 is 9.53 Å². The van der Waals surface area contributed by atoms with Gasteiger partial charge in [0.2, 0.25) is 5.91 Å². The van der Waals surface area contributed by atoms with Crippen LogP contribution in [0, 0.1) is 0 Å². The molecule has 0 atom stereocenters. The number of ether oxygens (including phenoxy) is 1. The Morgan fingerprint density at radius 1 is 1.18 bits per heavy atom. The van der Waals surface area contributed by atoms with Crippen molar-refractivity contribution in [2.75, 3.05) is 24.3 Å². The number of benzene rings is 2. The van der Waals surface area contributed by atoms with Crippen LogP contribution in [0.3, 0.4) is 0 Å². The van der Waals surface area contributed by atoms with E-state index in [1.807, 2.05) is 55.5 Å². The van der Waals surface area contributed by atoms with Crippen LogP contribution in [0.1, 0.15) is 18.9 Å². The quantitative estimate of drug-likeness (QED) is 0.833. The summed E-state index contributed by atoms with van der Waals surface area (Å²) in [5.41, 5.74) is 8.47. The third-order valence-electron chi connectivity index (χ3n) is 3.61. The predicted molar refractivity (Wildman–Crippen MR) is 90.2 cm³/mol. The van der Waals surface area contributed by atoms with Gasteiger partial charge >= 0.3 is 0 Å². The monoisotopic (exact) mass is 298 g/mol. The lowest BCUT2D eigenvalue weighted by Crippen LogP contribution is -2.30. The van der Waals surface area contributed by atoms with Crippen LogP contribution in [0.15, 0.2) is 48.5 Å². The highest BCUT2D eigenvalue weighted by Gasteiger charge is 2.13. The number of nitrogen functional groups attached to an aromatic ring is 1. The first-order chi connectivity index (χ1) is 10.7. The van der Waals surface area contributed by atoms with Gasteiger partial charge in [0.1, 0.15) is 5.75 Å². The summed E-state index contributed by atoms with van der Waals surface area (Å²) in [4.78, 5) is 14.2. The standard InChI is InChI=1S/C18H22N2O2/c1-3-20(15-7-5-4-6-8-15)18(21)12-10-14-9-11-17(22-2)16(19)13-14/h4-9,11,13H,3,10,12,19H2,1-2H3. The van der Waals surface area contributed by atoms with Gasteiger partial charge in [0.15, 0.2) is 0 Å². The molecule has 4 heteroatoms. The molecule has 1 amide bonds. The molecule has 0 spiro atoms. The highest BCUT2D eigenvalue weighted by molar-refractivity contribution is 5.93. The number of nitrogens with two attached hydrogens (primary N) is 1. The second-order valence-electron chi connectivity index (χ2n) is 5.05. The van der Waals surface area contributed by atoms with Gasteiger partial charge in [0.05, 0.1) is 12.8 Å². The summed E-state index contributed by atoms with van der Waals surface area (Å²) >= 11 is 0. The molecule has 2 aromatic rings. The summed E-state index contributed by atoms with van der Waals surface area (Å²) < 4.78 is 5.14. The minimum absolute atomic E-state index is 0.114. The maximum atomic E-state index is 12.4. The zero-order valence-electron chi connectivity index (χ0n) is 13.1. The number of amides is 1. The molecule has 0 unspecified atom stereocenters. The average molecular weight is 298 g/mol. The topological polar surface area (TPSA) is 55.6 Å². The van der Waals surface area contributed by atoms with Crippen LogP contribution in [0.5, 0.6) is 5.75 Å². The van der Waals surface area contributed by atoms with Gasteiger partial charge in [-0.05, 0) is 43.2 Å². The largest absolute Gasteiger partial charge is 0.495 e. The Morgan fingerprint density at radius 2 is 1.91 bits per heavy atom. The van der Waals surface area contributed by atoms with E-state index in [9.17, 15) is 4.79 Å². The molecule has 0 saturated carbocycles. The molecule has 2 rings (SSSR count). The first-order valence-electron chi connectivity index (χ1n) is 7.43. The molecule has 2 aromatic carbocycles. The molecular formula is C18H22N2O2. The van der Waals surface area contributed by atoms with Gasteiger partial charge in [0, 0.05) is 18.7 Å². The fraction of sp³-hybridized carbons (Fsp3) is 0.278. The van der Waals surface area contributed by atoms with Crippen LogP contribution in [0.4, 0.5) is 11.4 Å². The molecule has 22 heavy (non-hydrogen) atoms. The first-order valence-corrected chi connectivity index (χ1v) is 7.43. The number of anilines is 2. The molecular weight excluding hydrogens is 276 g/mol. The Hall–Kier alpha value is -2.49. The Balaban J connectivity index is 2.01. The van der Waals surface area contributed by atoms with E-state index in [-0.39, 0.29) is 5.91 Å². The molecule has 0 aliphatic heterocycles. The van der Waals surface area contributed by atoms with Crippen LogP contribution >= 0.6 is 0 Å². The van der Waals surface area contributed by atoms with Crippen molar-refractivity contribution in [3.05, 3.63) is 54.1 Å². The second-order valence-corrected chi connectivity index (χ2v) is 5.05. The first kappa shape index (κ1) is 15.9. The predicted octanol–water partition coefficient (Wildman–Crippen LogP) is 3.26. The normalized spacial score (nSPS) is 10.3. The molecule has 0 saturated heterocycles. The summed E-state index contributed by atoms with van der Waals surface area (Å²) in [5, 5.41) is 0. The lowest BCUT2D eigenvalue weighted by Gasteiger charge is -2.21. The summed E-state index contributed by atoms with van der Waals surface area (Å²) in [6, 6.07) is 15.4. The van der Waals surface area contributed by atoms with Crippen LogP contribution in [-0.4, -0.2) is 19.6 Å². The molecule has 0 aliphatic rings. The smallest absolute Gasteiger partial charge is 0.227 e. The van der Waals surface area contributed by atoms with Crippen molar-refractivity contribution in [1.82, 2.24) is 0 Å².